The fourth-order valence-electron chi connectivity index (χ4n) is 3.95. The van der Waals surface area contributed by atoms with Crippen LogP contribution >= 0.6 is 0 Å². The zero-order valence-electron chi connectivity index (χ0n) is 17.5. The first kappa shape index (κ1) is 19.3. The smallest absolute Gasteiger partial charge is 0.0705 e. The molecule has 0 aliphatic rings. The normalized spacial score (nSPS) is 12.5. The van der Waals surface area contributed by atoms with Crippen LogP contribution < -0.4 is 0 Å². The fraction of sp³-hybridized carbons (Fsp3) is 0.148. The van der Waals surface area contributed by atoms with E-state index in [9.17, 15) is 0 Å². The van der Waals surface area contributed by atoms with Gasteiger partial charge in [-0.05, 0) is 43.3 Å². The second-order valence-corrected chi connectivity index (χ2v) is 7.83. The molecule has 0 N–H and O–H groups in total. The highest BCUT2D eigenvalue weighted by molar-refractivity contribution is 5.79. The summed E-state index contributed by atoms with van der Waals surface area (Å²) in [6.45, 7) is 3.64. The Hall–Kier alpha value is -3.63. The van der Waals surface area contributed by atoms with Gasteiger partial charge in [0.2, 0.25) is 0 Å². The van der Waals surface area contributed by atoms with Crippen molar-refractivity contribution in [3.63, 3.8) is 0 Å². The Labute approximate surface area is 182 Å². The average molecular weight is 405 g/mol. The van der Waals surface area contributed by atoms with Gasteiger partial charge in [-0.15, -0.1) is 0 Å². The molecular formula is C27H24N4. The molecule has 0 fully saturated rings. The van der Waals surface area contributed by atoms with E-state index in [1.807, 2.05) is 42.6 Å². The Bertz CT molecular complexity index is 1240. The van der Waals surface area contributed by atoms with Gasteiger partial charge in [0.15, 0.2) is 0 Å². The minimum absolute atomic E-state index is 0.128. The number of fused-ring (bicyclic) bond motifs is 2. The largest absolute Gasteiger partial charge is 0.283 e. The lowest BCUT2D eigenvalue weighted by Crippen LogP contribution is -2.27. The third-order valence-corrected chi connectivity index (χ3v) is 5.71. The molecule has 2 aromatic carbocycles. The number of benzene rings is 2. The number of para-hydroxylation sites is 2. The Morgan fingerprint density at radius 3 is 1.74 bits per heavy atom. The molecule has 0 bridgehead atoms. The Morgan fingerprint density at radius 1 is 0.645 bits per heavy atom. The lowest BCUT2D eigenvalue weighted by atomic mass is 10.1. The summed E-state index contributed by atoms with van der Waals surface area (Å²) in [5.74, 6) is 0. The molecule has 5 aromatic rings. The molecule has 3 aromatic heterocycles. The van der Waals surface area contributed by atoms with E-state index < -0.39 is 0 Å². The first-order valence-electron chi connectivity index (χ1n) is 10.6. The number of hydrogen-bond acceptors (Lipinski definition) is 4. The topological polar surface area (TPSA) is 41.9 Å². The number of pyridine rings is 3. The van der Waals surface area contributed by atoms with Gasteiger partial charge in [0, 0.05) is 30.1 Å². The molecular weight excluding hydrogens is 380 g/mol. The number of rotatable bonds is 6. The van der Waals surface area contributed by atoms with Crippen LogP contribution in [0.15, 0.2) is 97.2 Å². The molecule has 0 radical (unpaired) electrons. The molecule has 0 aliphatic carbocycles. The zero-order chi connectivity index (χ0) is 21.0. The summed E-state index contributed by atoms with van der Waals surface area (Å²) in [5, 5.41) is 2.32. The zero-order valence-corrected chi connectivity index (χ0v) is 17.5. The van der Waals surface area contributed by atoms with Gasteiger partial charge in [0.05, 0.1) is 34.2 Å². The summed E-state index contributed by atoms with van der Waals surface area (Å²) < 4.78 is 0. The van der Waals surface area contributed by atoms with E-state index in [2.05, 4.69) is 71.4 Å². The van der Waals surface area contributed by atoms with E-state index >= 15 is 0 Å². The van der Waals surface area contributed by atoms with Crippen molar-refractivity contribution in [2.75, 3.05) is 0 Å². The van der Waals surface area contributed by atoms with Crippen LogP contribution in [0.25, 0.3) is 21.8 Å². The molecule has 152 valence electrons. The summed E-state index contributed by atoms with van der Waals surface area (Å²) in [7, 11) is 0. The third-order valence-electron chi connectivity index (χ3n) is 5.71. The molecule has 3 heterocycles. The van der Waals surface area contributed by atoms with Gasteiger partial charge in [0.1, 0.15) is 0 Å². The summed E-state index contributed by atoms with van der Waals surface area (Å²) in [5.41, 5.74) is 5.18. The lowest BCUT2D eigenvalue weighted by Gasteiger charge is -2.28. The monoisotopic (exact) mass is 404 g/mol. The van der Waals surface area contributed by atoms with Gasteiger partial charge in [0.25, 0.3) is 0 Å². The van der Waals surface area contributed by atoms with Crippen molar-refractivity contribution in [3.05, 3.63) is 114 Å². The molecule has 4 nitrogen and oxygen atoms in total. The first-order chi connectivity index (χ1) is 15.3. The Morgan fingerprint density at radius 2 is 1.19 bits per heavy atom. The maximum absolute atomic E-state index is 4.90. The van der Waals surface area contributed by atoms with Gasteiger partial charge < -0.3 is 0 Å². The van der Waals surface area contributed by atoms with Crippen LogP contribution in [-0.4, -0.2) is 19.9 Å². The summed E-state index contributed by atoms with van der Waals surface area (Å²) in [6.07, 6.45) is 1.85. The van der Waals surface area contributed by atoms with Crippen LogP contribution in [0, 0.1) is 0 Å². The molecule has 5 rings (SSSR count). The van der Waals surface area contributed by atoms with Crippen LogP contribution in [0.4, 0.5) is 0 Å². The lowest BCUT2D eigenvalue weighted by molar-refractivity contribution is 0.184. The van der Waals surface area contributed by atoms with Crippen LogP contribution in [0.3, 0.4) is 0 Å². The van der Waals surface area contributed by atoms with E-state index in [4.69, 9.17) is 9.97 Å². The van der Waals surface area contributed by atoms with Crippen LogP contribution in [0.1, 0.15) is 30.0 Å². The molecule has 0 saturated carbocycles. The predicted octanol–water partition coefficient (Wildman–Crippen LogP) is 5.94. The van der Waals surface area contributed by atoms with E-state index in [1.54, 1.807) is 0 Å². The van der Waals surface area contributed by atoms with E-state index in [1.165, 1.54) is 0 Å². The highest BCUT2D eigenvalue weighted by Crippen LogP contribution is 2.24. The Kier molecular flexibility index (Phi) is 5.38. The first-order valence-corrected chi connectivity index (χ1v) is 10.6. The van der Waals surface area contributed by atoms with Gasteiger partial charge >= 0.3 is 0 Å². The summed E-state index contributed by atoms with van der Waals surface area (Å²) in [4.78, 5) is 16.8. The van der Waals surface area contributed by atoms with Crippen molar-refractivity contribution in [1.82, 2.24) is 19.9 Å². The van der Waals surface area contributed by atoms with Crippen LogP contribution in [-0.2, 0) is 13.1 Å². The second kappa shape index (κ2) is 8.62. The number of hydrogen-bond donors (Lipinski definition) is 0. The summed E-state index contributed by atoms with van der Waals surface area (Å²) in [6, 6.07) is 31.2. The Balaban J connectivity index is 1.48. The SMILES string of the molecule is C[C@H](c1ccccn1)N(Cc1ccc2ccccc2n1)Cc1ccc2ccccc2n1. The minimum atomic E-state index is 0.128. The van der Waals surface area contributed by atoms with E-state index in [0.717, 1.165) is 52.0 Å². The van der Waals surface area contributed by atoms with Crippen LogP contribution in [0.5, 0.6) is 0 Å². The van der Waals surface area contributed by atoms with Gasteiger partial charge in [-0.2, -0.15) is 0 Å². The average Bonchev–Trinajstić information content (AvgIpc) is 2.83. The maximum Gasteiger partial charge on any atom is 0.0705 e. The number of nitrogens with zero attached hydrogens (tertiary/aromatic N) is 4. The van der Waals surface area contributed by atoms with Crippen molar-refractivity contribution in [2.45, 2.75) is 26.1 Å². The van der Waals surface area contributed by atoms with Crippen molar-refractivity contribution >= 4 is 21.8 Å². The van der Waals surface area contributed by atoms with E-state index in [0.29, 0.717) is 0 Å². The minimum Gasteiger partial charge on any atom is -0.283 e. The van der Waals surface area contributed by atoms with Crippen molar-refractivity contribution in [3.8, 4) is 0 Å². The maximum atomic E-state index is 4.90. The molecule has 0 spiro atoms. The predicted molar refractivity (Wildman–Crippen MR) is 125 cm³/mol. The van der Waals surface area contributed by atoms with E-state index in [-0.39, 0.29) is 6.04 Å². The van der Waals surface area contributed by atoms with Crippen LogP contribution in [0.2, 0.25) is 0 Å². The molecule has 1 atom stereocenters. The molecule has 0 amide bonds. The molecule has 0 saturated heterocycles. The molecule has 0 aliphatic heterocycles. The van der Waals surface area contributed by atoms with Crippen molar-refractivity contribution < 1.29 is 0 Å². The third kappa shape index (κ3) is 4.30. The van der Waals surface area contributed by atoms with Gasteiger partial charge in [-0.3, -0.25) is 19.9 Å². The molecule has 4 heteroatoms. The molecule has 31 heavy (non-hydrogen) atoms. The van der Waals surface area contributed by atoms with Gasteiger partial charge in [-0.25, -0.2) is 0 Å². The molecule has 0 unspecified atom stereocenters. The highest BCUT2D eigenvalue weighted by atomic mass is 15.2. The highest BCUT2D eigenvalue weighted by Gasteiger charge is 2.19. The standard InChI is InChI=1S/C27H24N4/c1-20(25-10-6-7-17-28-25)31(18-23-15-13-21-8-2-4-11-26(21)29-23)19-24-16-14-22-9-3-5-12-27(22)30-24/h2-17,20H,18-19H2,1H3/t20-/m1/s1. The van der Waals surface area contributed by atoms with Crippen molar-refractivity contribution in [2.24, 2.45) is 0 Å². The summed E-state index contributed by atoms with van der Waals surface area (Å²) >= 11 is 0. The van der Waals surface area contributed by atoms with Gasteiger partial charge in [-0.1, -0.05) is 54.6 Å². The quantitative estimate of drug-likeness (QED) is 0.351. The van der Waals surface area contributed by atoms with Crippen molar-refractivity contribution in [1.29, 1.82) is 0 Å². The second-order valence-electron chi connectivity index (χ2n) is 7.83. The number of aromatic nitrogens is 3. The fourth-order valence-corrected chi connectivity index (χ4v) is 3.95.